The predicted octanol–water partition coefficient (Wildman–Crippen LogP) is 1.91. The first kappa shape index (κ1) is 11.0. The van der Waals surface area contributed by atoms with Crippen molar-refractivity contribution in [1.29, 1.82) is 5.26 Å². The van der Waals surface area contributed by atoms with E-state index in [4.69, 9.17) is 10.4 Å². The highest BCUT2D eigenvalue weighted by Crippen LogP contribution is 2.29. The Morgan fingerprint density at radius 3 is 2.81 bits per heavy atom. The van der Waals surface area contributed by atoms with Crippen molar-refractivity contribution in [2.75, 3.05) is 18.1 Å². The van der Waals surface area contributed by atoms with Gasteiger partial charge in [0.15, 0.2) is 0 Å². The van der Waals surface area contributed by atoms with Crippen molar-refractivity contribution in [3.63, 3.8) is 0 Å². The molecule has 0 radical (unpaired) electrons. The standard InChI is InChI=1S/C13H16N2O/c14-10-11-3-1-6-13(9-11)15(7-8-16)12-4-2-5-12/h1,3,6,9,12,16H,2,4-5,7-8H2. The van der Waals surface area contributed by atoms with Gasteiger partial charge < -0.3 is 10.0 Å². The van der Waals surface area contributed by atoms with Crippen molar-refractivity contribution >= 4 is 5.69 Å². The lowest BCUT2D eigenvalue weighted by molar-refractivity contribution is 0.283. The first-order chi connectivity index (χ1) is 7.85. The van der Waals surface area contributed by atoms with Crippen LogP contribution in [-0.2, 0) is 0 Å². The van der Waals surface area contributed by atoms with Gasteiger partial charge in [-0.15, -0.1) is 0 Å². The van der Waals surface area contributed by atoms with Crippen molar-refractivity contribution in [1.82, 2.24) is 0 Å². The number of nitriles is 1. The molecule has 0 bridgehead atoms. The molecule has 0 aromatic heterocycles. The van der Waals surface area contributed by atoms with Gasteiger partial charge in [-0.05, 0) is 37.5 Å². The van der Waals surface area contributed by atoms with E-state index in [-0.39, 0.29) is 6.61 Å². The molecule has 1 aromatic rings. The molecule has 0 unspecified atom stereocenters. The molecule has 1 saturated carbocycles. The summed E-state index contributed by atoms with van der Waals surface area (Å²) in [5.41, 5.74) is 1.73. The lowest BCUT2D eigenvalue weighted by Crippen LogP contribution is -2.41. The van der Waals surface area contributed by atoms with Crippen molar-refractivity contribution in [2.24, 2.45) is 0 Å². The zero-order valence-corrected chi connectivity index (χ0v) is 9.26. The van der Waals surface area contributed by atoms with E-state index in [9.17, 15) is 0 Å². The summed E-state index contributed by atoms with van der Waals surface area (Å²) in [7, 11) is 0. The third-order valence-electron chi connectivity index (χ3n) is 3.16. The van der Waals surface area contributed by atoms with Gasteiger partial charge in [0, 0.05) is 18.3 Å². The Kier molecular flexibility index (Phi) is 3.43. The van der Waals surface area contributed by atoms with E-state index in [0.717, 1.165) is 5.69 Å². The Hall–Kier alpha value is -1.53. The number of hydrogen-bond donors (Lipinski definition) is 1. The SMILES string of the molecule is N#Cc1cccc(N(CCO)C2CCC2)c1. The minimum Gasteiger partial charge on any atom is -0.395 e. The maximum absolute atomic E-state index is 9.09. The zero-order chi connectivity index (χ0) is 11.4. The smallest absolute Gasteiger partial charge is 0.0992 e. The van der Waals surface area contributed by atoms with Gasteiger partial charge in [0.05, 0.1) is 18.2 Å². The van der Waals surface area contributed by atoms with Gasteiger partial charge in [0.1, 0.15) is 0 Å². The lowest BCUT2D eigenvalue weighted by atomic mass is 9.91. The van der Waals surface area contributed by atoms with Gasteiger partial charge in [0.25, 0.3) is 0 Å². The van der Waals surface area contributed by atoms with Gasteiger partial charge in [-0.25, -0.2) is 0 Å². The fraction of sp³-hybridized carbons (Fsp3) is 0.462. The van der Waals surface area contributed by atoms with Crippen LogP contribution in [0.25, 0.3) is 0 Å². The van der Waals surface area contributed by atoms with E-state index >= 15 is 0 Å². The van der Waals surface area contributed by atoms with Gasteiger partial charge in [0.2, 0.25) is 0 Å². The molecule has 0 saturated heterocycles. The summed E-state index contributed by atoms with van der Waals surface area (Å²) in [6, 6.07) is 10.3. The zero-order valence-electron chi connectivity index (χ0n) is 9.26. The molecule has 2 rings (SSSR count). The van der Waals surface area contributed by atoms with Gasteiger partial charge >= 0.3 is 0 Å². The van der Waals surface area contributed by atoms with Crippen LogP contribution < -0.4 is 4.90 Å². The number of nitrogens with zero attached hydrogens (tertiary/aromatic N) is 2. The molecular formula is C13H16N2O. The molecular weight excluding hydrogens is 200 g/mol. The van der Waals surface area contributed by atoms with Crippen LogP contribution in [-0.4, -0.2) is 24.3 Å². The summed E-state index contributed by atoms with van der Waals surface area (Å²) >= 11 is 0. The van der Waals surface area contributed by atoms with Crippen LogP contribution in [0.15, 0.2) is 24.3 Å². The molecule has 0 spiro atoms. The second-order valence-electron chi connectivity index (χ2n) is 4.16. The summed E-state index contributed by atoms with van der Waals surface area (Å²) in [5.74, 6) is 0. The van der Waals surface area contributed by atoms with E-state index in [1.54, 1.807) is 6.07 Å². The number of anilines is 1. The van der Waals surface area contributed by atoms with E-state index in [2.05, 4.69) is 11.0 Å². The summed E-state index contributed by atoms with van der Waals surface area (Å²) in [5, 5.41) is 18.0. The Morgan fingerprint density at radius 2 is 2.25 bits per heavy atom. The second kappa shape index (κ2) is 5.00. The maximum Gasteiger partial charge on any atom is 0.0992 e. The lowest BCUT2D eigenvalue weighted by Gasteiger charge is -2.39. The third kappa shape index (κ3) is 2.17. The van der Waals surface area contributed by atoms with E-state index in [0.29, 0.717) is 18.2 Å². The van der Waals surface area contributed by atoms with Gasteiger partial charge in [-0.3, -0.25) is 0 Å². The average Bonchev–Trinajstić information content (AvgIpc) is 2.26. The van der Waals surface area contributed by atoms with Crippen LogP contribution in [0, 0.1) is 11.3 Å². The quantitative estimate of drug-likeness (QED) is 0.836. The van der Waals surface area contributed by atoms with Crippen molar-refractivity contribution < 1.29 is 5.11 Å². The second-order valence-corrected chi connectivity index (χ2v) is 4.16. The maximum atomic E-state index is 9.09. The van der Waals surface area contributed by atoms with E-state index in [1.807, 2.05) is 18.2 Å². The van der Waals surface area contributed by atoms with Crippen molar-refractivity contribution in [3.8, 4) is 6.07 Å². The van der Waals surface area contributed by atoms with Crippen LogP contribution in [0.5, 0.6) is 0 Å². The fourth-order valence-electron chi connectivity index (χ4n) is 2.08. The summed E-state index contributed by atoms with van der Waals surface area (Å²) in [6.45, 7) is 0.812. The summed E-state index contributed by atoms with van der Waals surface area (Å²) in [6.07, 6.45) is 3.65. The normalized spacial score (nSPS) is 15.2. The molecule has 1 aliphatic rings. The highest BCUT2D eigenvalue weighted by atomic mass is 16.3. The van der Waals surface area contributed by atoms with Crippen LogP contribution in [0.3, 0.4) is 0 Å². The molecule has 84 valence electrons. The highest BCUT2D eigenvalue weighted by molar-refractivity contribution is 5.52. The highest BCUT2D eigenvalue weighted by Gasteiger charge is 2.24. The topological polar surface area (TPSA) is 47.3 Å². The largest absolute Gasteiger partial charge is 0.395 e. The molecule has 1 aliphatic carbocycles. The molecule has 3 heteroatoms. The fourth-order valence-corrected chi connectivity index (χ4v) is 2.08. The molecule has 0 heterocycles. The van der Waals surface area contributed by atoms with Gasteiger partial charge in [-0.2, -0.15) is 5.26 Å². The molecule has 3 nitrogen and oxygen atoms in total. The minimum absolute atomic E-state index is 0.160. The molecule has 1 N–H and O–H groups in total. The van der Waals surface area contributed by atoms with E-state index in [1.165, 1.54) is 19.3 Å². The number of hydrogen-bond acceptors (Lipinski definition) is 3. The van der Waals surface area contributed by atoms with Crippen LogP contribution >= 0.6 is 0 Å². The monoisotopic (exact) mass is 216 g/mol. The van der Waals surface area contributed by atoms with Crippen molar-refractivity contribution in [2.45, 2.75) is 25.3 Å². The minimum atomic E-state index is 0.160. The summed E-state index contributed by atoms with van der Waals surface area (Å²) < 4.78 is 0. The molecule has 1 aromatic carbocycles. The Bertz CT molecular complexity index is 393. The Morgan fingerprint density at radius 1 is 1.44 bits per heavy atom. The summed E-state index contributed by atoms with van der Waals surface area (Å²) in [4.78, 5) is 2.21. The molecule has 16 heavy (non-hydrogen) atoms. The third-order valence-corrected chi connectivity index (χ3v) is 3.16. The molecule has 1 fully saturated rings. The number of aliphatic hydroxyl groups is 1. The van der Waals surface area contributed by atoms with Crippen LogP contribution in [0.4, 0.5) is 5.69 Å². The molecule has 0 aliphatic heterocycles. The molecule has 0 amide bonds. The van der Waals surface area contributed by atoms with E-state index < -0.39 is 0 Å². The Balaban J connectivity index is 2.20. The Labute approximate surface area is 95.9 Å². The first-order valence-electron chi connectivity index (χ1n) is 5.73. The first-order valence-corrected chi connectivity index (χ1v) is 5.73. The number of aliphatic hydroxyl groups excluding tert-OH is 1. The van der Waals surface area contributed by atoms with Crippen LogP contribution in [0.2, 0.25) is 0 Å². The predicted molar refractivity (Wildman–Crippen MR) is 63.2 cm³/mol. The van der Waals surface area contributed by atoms with Crippen LogP contribution in [0.1, 0.15) is 24.8 Å². The number of rotatable bonds is 4. The number of benzene rings is 1. The molecule has 0 atom stereocenters. The van der Waals surface area contributed by atoms with Crippen molar-refractivity contribution in [3.05, 3.63) is 29.8 Å². The average molecular weight is 216 g/mol. The van der Waals surface area contributed by atoms with Gasteiger partial charge in [-0.1, -0.05) is 6.07 Å².